The third-order valence-corrected chi connectivity index (χ3v) is 3.80. The lowest BCUT2D eigenvalue weighted by Crippen LogP contribution is -2.06. The van der Waals surface area contributed by atoms with Gasteiger partial charge in [0.2, 0.25) is 0 Å². The van der Waals surface area contributed by atoms with Crippen LogP contribution in [0.4, 0.5) is 4.39 Å². The highest BCUT2D eigenvalue weighted by atomic mass is 35.5. The molecular formula is C16H12ClFO2. The number of ether oxygens (including phenoxy) is 1. The first-order chi connectivity index (χ1) is 9.65. The van der Waals surface area contributed by atoms with Crippen molar-refractivity contribution in [2.24, 2.45) is 0 Å². The number of carbonyl (C=O) groups excluding carboxylic acids is 1. The predicted molar refractivity (Wildman–Crippen MR) is 74.4 cm³/mol. The normalized spacial score (nSPS) is 13.3. The fraction of sp³-hybridized carbons (Fsp3) is 0.188. The van der Waals surface area contributed by atoms with Gasteiger partial charge < -0.3 is 4.74 Å². The summed E-state index contributed by atoms with van der Waals surface area (Å²) in [6.45, 7) is 1.11. The Hall–Kier alpha value is -1.71. The quantitative estimate of drug-likeness (QED) is 0.801. The summed E-state index contributed by atoms with van der Waals surface area (Å²) >= 11 is 5.94. The Morgan fingerprint density at radius 2 is 2.00 bits per heavy atom. The third kappa shape index (κ3) is 2.47. The van der Waals surface area contributed by atoms with Crippen LogP contribution in [0, 0.1) is 5.82 Å². The molecule has 2 aromatic carbocycles. The molecule has 0 bridgehead atoms. The van der Waals surface area contributed by atoms with Crippen LogP contribution < -0.4 is 0 Å². The van der Waals surface area contributed by atoms with E-state index in [-0.39, 0.29) is 22.8 Å². The predicted octanol–water partition coefficient (Wildman–Crippen LogP) is 3.93. The first-order valence-electron chi connectivity index (χ1n) is 6.31. The molecule has 0 atom stereocenters. The molecule has 0 fully saturated rings. The highest BCUT2D eigenvalue weighted by Gasteiger charge is 2.17. The summed E-state index contributed by atoms with van der Waals surface area (Å²) in [6, 6.07) is 9.88. The van der Waals surface area contributed by atoms with Crippen molar-refractivity contribution in [3.63, 3.8) is 0 Å². The smallest absolute Gasteiger partial charge is 0.167 e. The molecule has 2 nitrogen and oxygen atoms in total. The van der Waals surface area contributed by atoms with Crippen molar-refractivity contribution in [3.05, 3.63) is 69.5 Å². The molecular weight excluding hydrogens is 279 g/mol. The molecule has 0 amide bonds. The van der Waals surface area contributed by atoms with Crippen LogP contribution >= 0.6 is 11.6 Å². The van der Waals surface area contributed by atoms with Gasteiger partial charge in [0.25, 0.3) is 0 Å². The summed E-state index contributed by atoms with van der Waals surface area (Å²) in [6.07, 6.45) is -0.0366. The van der Waals surface area contributed by atoms with Gasteiger partial charge in [-0.2, -0.15) is 0 Å². The van der Waals surface area contributed by atoms with E-state index in [1.54, 1.807) is 12.1 Å². The van der Waals surface area contributed by atoms with Gasteiger partial charge in [-0.05, 0) is 29.3 Å². The Morgan fingerprint density at radius 3 is 2.80 bits per heavy atom. The molecule has 0 aromatic heterocycles. The first kappa shape index (κ1) is 13.3. The molecule has 1 aliphatic rings. The number of Topliss-reactive ketones (excluding diaryl/α,β-unsaturated/α-hetero) is 1. The maximum Gasteiger partial charge on any atom is 0.167 e. The maximum absolute atomic E-state index is 13.7. The standard InChI is InChI=1S/C16H12ClFO2/c17-14-2-1-3-15(18)13(14)7-16(19)10-4-5-11-8-20-9-12(11)6-10/h1-6H,7-9H2. The molecule has 0 saturated heterocycles. The van der Waals surface area contributed by atoms with Crippen molar-refractivity contribution in [1.29, 1.82) is 0 Å². The molecule has 0 N–H and O–H groups in total. The van der Waals surface area contributed by atoms with E-state index >= 15 is 0 Å². The fourth-order valence-electron chi connectivity index (χ4n) is 2.31. The third-order valence-electron chi connectivity index (χ3n) is 3.44. The van der Waals surface area contributed by atoms with E-state index in [1.165, 1.54) is 12.1 Å². The van der Waals surface area contributed by atoms with Crippen LogP contribution in [0.15, 0.2) is 36.4 Å². The lowest BCUT2D eigenvalue weighted by molar-refractivity contribution is 0.0991. The molecule has 0 radical (unpaired) electrons. The summed E-state index contributed by atoms with van der Waals surface area (Å²) in [4.78, 5) is 12.3. The molecule has 0 aliphatic carbocycles. The summed E-state index contributed by atoms with van der Waals surface area (Å²) < 4.78 is 19.0. The van der Waals surface area contributed by atoms with Gasteiger partial charge in [-0.15, -0.1) is 0 Å². The zero-order chi connectivity index (χ0) is 14.1. The van der Waals surface area contributed by atoms with Gasteiger partial charge in [0.15, 0.2) is 5.78 Å². The molecule has 0 saturated carbocycles. The Bertz CT molecular complexity index is 662. The molecule has 1 heterocycles. The highest BCUT2D eigenvalue weighted by molar-refractivity contribution is 6.31. The van der Waals surface area contributed by atoms with Gasteiger partial charge in [-0.25, -0.2) is 4.39 Å². The fourth-order valence-corrected chi connectivity index (χ4v) is 2.54. The van der Waals surface area contributed by atoms with Gasteiger partial charge in [-0.1, -0.05) is 29.8 Å². The minimum absolute atomic E-state index is 0.0366. The van der Waals surface area contributed by atoms with Gasteiger partial charge in [-0.3, -0.25) is 4.79 Å². The average molecular weight is 291 g/mol. The number of hydrogen-bond acceptors (Lipinski definition) is 2. The van der Waals surface area contributed by atoms with E-state index in [0.717, 1.165) is 11.1 Å². The summed E-state index contributed by atoms with van der Waals surface area (Å²) in [7, 11) is 0. The largest absolute Gasteiger partial charge is 0.372 e. The van der Waals surface area contributed by atoms with Gasteiger partial charge >= 0.3 is 0 Å². The van der Waals surface area contributed by atoms with Crippen molar-refractivity contribution in [3.8, 4) is 0 Å². The summed E-state index contributed by atoms with van der Waals surface area (Å²) in [5.41, 5.74) is 2.94. The van der Waals surface area contributed by atoms with E-state index in [9.17, 15) is 9.18 Å². The SMILES string of the molecule is O=C(Cc1c(F)cccc1Cl)c1ccc2c(c1)COC2. The molecule has 0 unspecified atom stereocenters. The van der Waals surface area contributed by atoms with Crippen molar-refractivity contribution in [1.82, 2.24) is 0 Å². The van der Waals surface area contributed by atoms with E-state index in [4.69, 9.17) is 16.3 Å². The molecule has 0 spiro atoms. The second kappa shape index (κ2) is 5.35. The minimum Gasteiger partial charge on any atom is -0.372 e. The van der Waals surface area contributed by atoms with E-state index < -0.39 is 5.82 Å². The Kier molecular flexibility index (Phi) is 3.55. The van der Waals surface area contributed by atoms with E-state index in [2.05, 4.69) is 0 Å². The number of carbonyl (C=O) groups is 1. The highest BCUT2D eigenvalue weighted by Crippen LogP contribution is 2.24. The number of benzene rings is 2. The van der Waals surface area contributed by atoms with E-state index in [1.807, 2.05) is 12.1 Å². The van der Waals surface area contributed by atoms with Crippen LogP contribution in [0.5, 0.6) is 0 Å². The van der Waals surface area contributed by atoms with Crippen LogP contribution in [0.1, 0.15) is 27.0 Å². The number of fused-ring (bicyclic) bond motifs is 1. The molecule has 3 rings (SSSR count). The molecule has 1 aliphatic heterocycles. The molecule has 102 valence electrons. The molecule has 4 heteroatoms. The maximum atomic E-state index is 13.7. The van der Waals surface area contributed by atoms with Crippen LogP contribution in [0.3, 0.4) is 0 Å². The van der Waals surface area contributed by atoms with Crippen LogP contribution in [-0.4, -0.2) is 5.78 Å². The van der Waals surface area contributed by atoms with Crippen molar-refractivity contribution < 1.29 is 13.9 Å². The number of ketones is 1. The first-order valence-corrected chi connectivity index (χ1v) is 6.68. The number of hydrogen-bond donors (Lipinski definition) is 0. The Balaban J connectivity index is 1.86. The van der Waals surface area contributed by atoms with Crippen LogP contribution in [0.2, 0.25) is 5.02 Å². The average Bonchev–Trinajstić information content (AvgIpc) is 2.90. The van der Waals surface area contributed by atoms with Crippen molar-refractivity contribution in [2.45, 2.75) is 19.6 Å². The van der Waals surface area contributed by atoms with Gasteiger partial charge in [0.1, 0.15) is 5.82 Å². The zero-order valence-corrected chi connectivity index (χ0v) is 11.4. The Labute approximate surface area is 121 Å². The topological polar surface area (TPSA) is 26.3 Å². The summed E-state index contributed by atoms with van der Waals surface area (Å²) in [5, 5.41) is 0.280. The number of halogens is 2. The Morgan fingerprint density at radius 1 is 1.20 bits per heavy atom. The molecule has 2 aromatic rings. The molecule has 20 heavy (non-hydrogen) atoms. The van der Waals surface area contributed by atoms with Crippen molar-refractivity contribution in [2.75, 3.05) is 0 Å². The second-order valence-electron chi connectivity index (χ2n) is 4.78. The lowest BCUT2D eigenvalue weighted by Gasteiger charge is -2.06. The monoisotopic (exact) mass is 290 g/mol. The second-order valence-corrected chi connectivity index (χ2v) is 5.18. The van der Waals surface area contributed by atoms with Crippen LogP contribution in [-0.2, 0) is 24.4 Å². The number of rotatable bonds is 3. The lowest BCUT2D eigenvalue weighted by atomic mass is 9.99. The minimum atomic E-state index is -0.449. The van der Waals surface area contributed by atoms with Gasteiger partial charge in [0, 0.05) is 22.6 Å². The van der Waals surface area contributed by atoms with E-state index in [0.29, 0.717) is 18.8 Å². The van der Waals surface area contributed by atoms with Crippen LogP contribution in [0.25, 0.3) is 0 Å². The zero-order valence-electron chi connectivity index (χ0n) is 10.7. The summed E-state index contributed by atoms with van der Waals surface area (Å²) in [5.74, 6) is -0.595. The van der Waals surface area contributed by atoms with Gasteiger partial charge in [0.05, 0.1) is 13.2 Å². The van der Waals surface area contributed by atoms with Crippen molar-refractivity contribution >= 4 is 17.4 Å².